The third kappa shape index (κ3) is 9.43. The van der Waals surface area contributed by atoms with E-state index in [-0.39, 0.29) is 5.78 Å². The van der Waals surface area contributed by atoms with Crippen LogP contribution in [0.4, 0.5) is 0 Å². The van der Waals surface area contributed by atoms with Crippen molar-refractivity contribution in [1.82, 2.24) is 0 Å². The highest BCUT2D eigenvalue weighted by Gasteiger charge is 2.12. The van der Waals surface area contributed by atoms with Gasteiger partial charge in [0.1, 0.15) is 0 Å². The van der Waals surface area contributed by atoms with E-state index in [0.29, 0.717) is 0 Å². The van der Waals surface area contributed by atoms with Crippen LogP contribution in [0.1, 0.15) is 112 Å². The molecule has 2 aromatic rings. The molecule has 0 bridgehead atoms. The van der Waals surface area contributed by atoms with Gasteiger partial charge in [-0.3, -0.25) is 4.79 Å². The first kappa shape index (κ1) is 23.4. The smallest absolute Gasteiger partial charge is 0.193 e. The molecular weight excluding hydrogens is 352 g/mol. The Bertz CT molecular complexity index is 674. The van der Waals surface area contributed by atoms with E-state index in [0.717, 1.165) is 17.5 Å². The van der Waals surface area contributed by atoms with Crippen LogP contribution < -0.4 is 0 Å². The van der Waals surface area contributed by atoms with Crippen molar-refractivity contribution in [1.29, 1.82) is 0 Å². The second-order valence-corrected chi connectivity index (χ2v) is 8.34. The number of carbonyl (C=O) groups excluding carboxylic acids is 1. The van der Waals surface area contributed by atoms with Crippen LogP contribution in [-0.4, -0.2) is 5.78 Å². The summed E-state index contributed by atoms with van der Waals surface area (Å²) >= 11 is 0. The summed E-state index contributed by atoms with van der Waals surface area (Å²) in [5.74, 6) is 0.149. The number of carbonyl (C=O) groups is 1. The first-order valence-electron chi connectivity index (χ1n) is 12.0. The summed E-state index contributed by atoms with van der Waals surface area (Å²) in [4.78, 5) is 12.8. The van der Waals surface area contributed by atoms with Gasteiger partial charge in [0.15, 0.2) is 5.78 Å². The van der Waals surface area contributed by atoms with Crippen LogP contribution in [0.3, 0.4) is 0 Å². The second kappa shape index (κ2) is 15.0. The van der Waals surface area contributed by atoms with Crippen molar-refractivity contribution >= 4 is 5.78 Å². The number of benzene rings is 2. The fraction of sp³-hybridized carbons (Fsp3) is 0.536. The van der Waals surface area contributed by atoms with E-state index >= 15 is 0 Å². The largest absolute Gasteiger partial charge is 0.289 e. The van der Waals surface area contributed by atoms with Crippen LogP contribution >= 0.6 is 0 Å². The van der Waals surface area contributed by atoms with Gasteiger partial charge in [0, 0.05) is 11.1 Å². The zero-order valence-corrected chi connectivity index (χ0v) is 18.5. The summed E-state index contributed by atoms with van der Waals surface area (Å²) in [7, 11) is 0. The molecular formula is C28H40O. The summed E-state index contributed by atoms with van der Waals surface area (Å²) < 4.78 is 0. The molecule has 0 aromatic heterocycles. The van der Waals surface area contributed by atoms with Gasteiger partial charge in [-0.15, -0.1) is 0 Å². The molecule has 1 heteroatoms. The number of hydrogen-bond donors (Lipinski definition) is 0. The molecule has 0 unspecified atom stereocenters. The van der Waals surface area contributed by atoms with Gasteiger partial charge in [-0.25, -0.2) is 0 Å². The van der Waals surface area contributed by atoms with Crippen molar-refractivity contribution in [2.75, 3.05) is 0 Å². The van der Waals surface area contributed by atoms with E-state index < -0.39 is 0 Å². The minimum atomic E-state index is 0.149. The standard InChI is InChI=1S/C28H40O/c1-2-3-4-5-6-7-8-9-10-11-12-13-15-20-25-21-18-19-24-27(25)28(29)26-22-16-14-17-23-26/h14,16-19,21-24H,2-13,15,20H2,1H3. The summed E-state index contributed by atoms with van der Waals surface area (Å²) in [6.45, 7) is 2.28. The Balaban J connectivity index is 1.58. The van der Waals surface area contributed by atoms with E-state index in [1.54, 1.807) is 0 Å². The fourth-order valence-electron chi connectivity index (χ4n) is 4.04. The summed E-state index contributed by atoms with van der Waals surface area (Å²) in [6, 6.07) is 17.8. The molecule has 0 N–H and O–H groups in total. The molecule has 0 heterocycles. The highest BCUT2D eigenvalue weighted by Crippen LogP contribution is 2.18. The Morgan fingerprint density at radius 2 is 1.07 bits per heavy atom. The van der Waals surface area contributed by atoms with Gasteiger partial charge in [-0.05, 0) is 18.4 Å². The molecule has 0 saturated carbocycles. The van der Waals surface area contributed by atoms with E-state index in [9.17, 15) is 4.79 Å². The lowest BCUT2D eigenvalue weighted by molar-refractivity contribution is 0.103. The number of hydrogen-bond acceptors (Lipinski definition) is 1. The van der Waals surface area contributed by atoms with E-state index in [4.69, 9.17) is 0 Å². The van der Waals surface area contributed by atoms with Crippen molar-refractivity contribution in [3.8, 4) is 0 Å². The van der Waals surface area contributed by atoms with Gasteiger partial charge in [-0.2, -0.15) is 0 Å². The zero-order valence-electron chi connectivity index (χ0n) is 18.5. The van der Waals surface area contributed by atoms with Crippen molar-refractivity contribution in [3.05, 3.63) is 71.3 Å². The average molecular weight is 393 g/mol. The molecule has 0 fully saturated rings. The molecule has 0 aliphatic rings. The van der Waals surface area contributed by atoms with E-state index in [1.165, 1.54) is 89.0 Å². The molecule has 0 spiro atoms. The molecule has 0 saturated heterocycles. The van der Waals surface area contributed by atoms with Gasteiger partial charge in [0.05, 0.1) is 0 Å². The lowest BCUT2D eigenvalue weighted by Crippen LogP contribution is -2.05. The molecule has 0 aliphatic carbocycles. The predicted octanol–water partition coefficient (Wildman–Crippen LogP) is 8.55. The quantitative estimate of drug-likeness (QED) is 0.206. The van der Waals surface area contributed by atoms with Gasteiger partial charge < -0.3 is 0 Å². The number of aryl methyl sites for hydroxylation is 1. The number of rotatable bonds is 16. The maximum absolute atomic E-state index is 12.8. The van der Waals surface area contributed by atoms with Gasteiger partial charge in [-0.1, -0.05) is 139 Å². The molecule has 2 aromatic carbocycles. The maximum Gasteiger partial charge on any atom is 0.193 e. The van der Waals surface area contributed by atoms with Crippen molar-refractivity contribution in [2.45, 2.75) is 96.8 Å². The first-order valence-corrected chi connectivity index (χ1v) is 12.0. The van der Waals surface area contributed by atoms with Crippen LogP contribution in [0.2, 0.25) is 0 Å². The summed E-state index contributed by atoms with van der Waals surface area (Å²) in [5.41, 5.74) is 2.85. The Labute approximate surface area is 178 Å². The van der Waals surface area contributed by atoms with Crippen molar-refractivity contribution in [3.63, 3.8) is 0 Å². The van der Waals surface area contributed by atoms with Crippen molar-refractivity contribution < 1.29 is 4.79 Å². The van der Waals surface area contributed by atoms with Crippen LogP contribution in [0.15, 0.2) is 54.6 Å². The molecule has 2 rings (SSSR count). The van der Waals surface area contributed by atoms with Crippen LogP contribution in [0, 0.1) is 0 Å². The Morgan fingerprint density at radius 3 is 1.66 bits per heavy atom. The normalized spacial score (nSPS) is 10.9. The van der Waals surface area contributed by atoms with Gasteiger partial charge >= 0.3 is 0 Å². The van der Waals surface area contributed by atoms with Gasteiger partial charge in [0.25, 0.3) is 0 Å². The monoisotopic (exact) mass is 392 g/mol. The zero-order chi connectivity index (χ0) is 20.6. The lowest BCUT2D eigenvalue weighted by Gasteiger charge is -2.09. The molecule has 158 valence electrons. The van der Waals surface area contributed by atoms with Crippen molar-refractivity contribution in [2.24, 2.45) is 0 Å². The Hall–Kier alpha value is -1.89. The van der Waals surface area contributed by atoms with Crippen LogP contribution in [-0.2, 0) is 6.42 Å². The average Bonchev–Trinajstić information content (AvgIpc) is 2.77. The highest BCUT2D eigenvalue weighted by atomic mass is 16.1. The predicted molar refractivity (Wildman–Crippen MR) is 126 cm³/mol. The molecule has 0 amide bonds. The minimum Gasteiger partial charge on any atom is -0.289 e. The molecule has 0 atom stereocenters. The van der Waals surface area contributed by atoms with Crippen LogP contribution in [0.5, 0.6) is 0 Å². The maximum atomic E-state index is 12.8. The first-order chi connectivity index (χ1) is 14.3. The van der Waals surface area contributed by atoms with Crippen LogP contribution in [0.25, 0.3) is 0 Å². The third-order valence-corrected chi connectivity index (χ3v) is 5.85. The van der Waals surface area contributed by atoms with E-state index in [1.807, 2.05) is 42.5 Å². The Kier molecular flexibility index (Phi) is 12.1. The highest BCUT2D eigenvalue weighted by molar-refractivity contribution is 6.09. The van der Waals surface area contributed by atoms with E-state index in [2.05, 4.69) is 19.1 Å². The Morgan fingerprint density at radius 1 is 0.586 bits per heavy atom. The third-order valence-electron chi connectivity index (χ3n) is 5.85. The SMILES string of the molecule is CCCCCCCCCCCCCCCc1ccccc1C(=O)c1ccccc1. The lowest BCUT2D eigenvalue weighted by atomic mass is 9.95. The topological polar surface area (TPSA) is 17.1 Å². The molecule has 0 radical (unpaired) electrons. The molecule has 0 aliphatic heterocycles. The summed E-state index contributed by atoms with van der Waals surface area (Å²) in [6.07, 6.45) is 18.8. The molecule has 1 nitrogen and oxygen atoms in total. The fourth-order valence-corrected chi connectivity index (χ4v) is 4.04. The summed E-state index contributed by atoms with van der Waals surface area (Å²) in [5, 5.41) is 0. The minimum absolute atomic E-state index is 0.149. The number of ketones is 1. The molecule has 29 heavy (non-hydrogen) atoms. The number of unbranched alkanes of at least 4 members (excludes halogenated alkanes) is 12. The second-order valence-electron chi connectivity index (χ2n) is 8.34. The van der Waals surface area contributed by atoms with Gasteiger partial charge in [0.2, 0.25) is 0 Å².